The quantitative estimate of drug-likeness (QED) is 0.455. The molecule has 0 radical (unpaired) electrons. The second kappa shape index (κ2) is 7.29. The Morgan fingerprint density at radius 2 is 1.52 bits per heavy atom. The molecule has 27 heavy (non-hydrogen) atoms. The SMILES string of the molecule is C[C@@H](Sc1nc2cc(-c3ccccc3)c(-c3ccccc3)cc2[nH]1)C(=O)O. The van der Waals surface area contributed by atoms with Crippen LogP contribution in [0.15, 0.2) is 78.0 Å². The Balaban J connectivity index is 1.87. The van der Waals surface area contributed by atoms with Crippen LogP contribution in [-0.4, -0.2) is 26.3 Å². The van der Waals surface area contributed by atoms with Gasteiger partial charge in [0.05, 0.1) is 11.0 Å². The van der Waals surface area contributed by atoms with Crippen LogP contribution in [0.3, 0.4) is 0 Å². The molecule has 0 saturated carbocycles. The molecule has 4 aromatic rings. The molecular weight excluding hydrogens is 356 g/mol. The standard InChI is InChI=1S/C22H18N2O2S/c1-14(21(25)26)27-22-23-19-12-17(15-8-4-2-5-9-15)18(13-20(19)24-22)16-10-6-3-7-11-16/h2-14H,1H3,(H,23,24)(H,25,26)/t14-/m1/s1. The van der Waals surface area contributed by atoms with Gasteiger partial charge in [-0.25, -0.2) is 4.98 Å². The van der Waals surface area contributed by atoms with E-state index in [1.54, 1.807) is 6.92 Å². The molecule has 0 saturated heterocycles. The van der Waals surface area contributed by atoms with E-state index < -0.39 is 11.2 Å². The molecule has 3 aromatic carbocycles. The van der Waals surface area contributed by atoms with E-state index in [1.165, 1.54) is 11.8 Å². The number of nitrogens with zero attached hydrogens (tertiary/aromatic N) is 1. The Hall–Kier alpha value is -3.05. The molecule has 1 heterocycles. The van der Waals surface area contributed by atoms with Crippen LogP contribution in [0.25, 0.3) is 33.3 Å². The van der Waals surface area contributed by atoms with Crippen molar-refractivity contribution in [1.82, 2.24) is 9.97 Å². The molecule has 0 aliphatic carbocycles. The molecule has 0 bridgehead atoms. The zero-order chi connectivity index (χ0) is 18.8. The third kappa shape index (κ3) is 3.59. The van der Waals surface area contributed by atoms with Crippen LogP contribution in [0.5, 0.6) is 0 Å². The van der Waals surface area contributed by atoms with Crippen molar-refractivity contribution in [2.24, 2.45) is 0 Å². The summed E-state index contributed by atoms with van der Waals surface area (Å²) in [6, 6.07) is 24.6. The Labute approximate surface area is 161 Å². The van der Waals surface area contributed by atoms with Gasteiger partial charge in [0.25, 0.3) is 0 Å². The van der Waals surface area contributed by atoms with Gasteiger partial charge in [0.1, 0.15) is 5.25 Å². The number of nitrogens with one attached hydrogen (secondary N) is 1. The second-order valence-corrected chi connectivity index (χ2v) is 7.62. The molecule has 1 aromatic heterocycles. The smallest absolute Gasteiger partial charge is 0.316 e. The summed E-state index contributed by atoms with van der Waals surface area (Å²) in [4.78, 5) is 19.0. The normalized spacial score (nSPS) is 12.2. The van der Waals surface area contributed by atoms with Gasteiger partial charge in [0.15, 0.2) is 5.16 Å². The second-order valence-electron chi connectivity index (χ2n) is 6.29. The van der Waals surface area contributed by atoms with E-state index in [1.807, 2.05) is 36.4 Å². The number of thioether (sulfide) groups is 1. The maximum Gasteiger partial charge on any atom is 0.316 e. The zero-order valence-corrected chi connectivity index (χ0v) is 15.5. The minimum Gasteiger partial charge on any atom is -0.480 e. The highest BCUT2D eigenvalue weighted by molar-refractivity contribution is 8.00. The van der Waals surface area contributed by atoms with Crippen LogP contribution in [0.2, 0.25) is 0 Å². The molecule has 1 atom stereocenters. The van der Waals surface area contributed by atoms with Gasteiger partial charge in [-0.1, -0.05) is 72.4 Å². The van der Waals surface area contributed by atoms with Crippen molar-refractivity contribution >= 4 is 28.8 Å². The Morgan fingerprint density at radius 1 is 0.963 bits per heavy atom. The number of carboxylic acid groups (broad SMARTS) is 1. The van der Waals surface area contributed by atoms with Crippen LogP contribution in [-0.2, 0) is 4.79 Å². The van der Waals surface area contributed by atoms with Crippen molar-refractivity contribution in [2.75, 3.05) is 0 Å². The van der Waals surface area contributed by atoms with E-state index >= 15 is 0 Å². The first-order valence-electron chi connectivity index (χ1n) is 8.66. The van der Waals surface area contributed by atoms with Crippen LogP contribution < -0.4 is 0 Å². The molecule has 0 aliphatic heterocycles. The first-order valence-corrected chi connectivity index (χ1v) is 9.54. The number of H-pyrrole nitrogens is 1. The van der Waals surface area contributed by atoms with E-state index in [0.29, 0.717) is 5.16 Å². The van der Waals surface area contributed by atoms with Crippen LogP contribution in [0.4, 0.5) is 0 Å². The number of fused-ring (bicyclic) bond motifs is 1. The molecule has 0 amide bonds. The largest absolute Gasteiger partial charge is 0.480 e. The number of aliphatic carboxylic acids is 1. The highest BCUT2D eigenvalue weighted by atomic mass is 32.2. The molecule has 5 heteroatoms. The number of hydrogen-bond donors (Lipinski definition) is 2. The van der Waals surface area contributed by atoms with E-state index in [0.717, 1.165) is 33.3 Å². The third-order valence-electron chi connectivity index (χ3n) is 4.41. The van der Waals surface area contributed by atoms with Gasteiger partial charge in [-0.3, -0.25) is 4.79 Å². The maximum atomic E-state index is 11.1. The van der Waals surface area contributed by atoms with E-state index in [-0.39, 0.29) is 0 Å². The molecule has 4 rings (SSSR count). The first-order chi connectivity index (χ1) is 13.1. The number of carbonyl (C=O) groups is 1. The molecule has 4 nitrogen and oxygen atoms in total. The number of aromatic amines is 1. The maximum absolute atomic E-state index is 11.1. The number of carboxylic acids is 1. The van der Waals surface area contributed by atoms with Gasteiger partial charge in [0.2, 0.25) is 0 Å². The predicted octanol–water partition coefficient (Wildman–Crippen LogP) is 5.46. The van der Waals surface area contributed by atoms with Gasteiger partial charge in [-0.2, -0.15) is 0 Å². The lowest BCUT2D eigenvalue weighted by molar-refractivity contribution is -0.136. The number of hydrogen-bond acceptors (Lipinski definition) is 3. The highest BCUT2D eigenvalue weighted by Crippen LogP contribution is 2.36. The molecule has 2 N–H and O–H groups in total. The van der Waals surface area contributed by atoms with Crippen LogP contribution in [0.1, 0.15) is 6.92 Å². The molecular formula is C22H18N2O2S. The van der Waals surface area contributed by atoms with Gasteiger partial charge in [-0.15, -0.1) is 0 Å². The lowest BCUT2D eigenvalue weighted by atomic mass is 9.94. The fraction of sp³-hybridized carbons (Fsp3) is 0.0909. The van der Waals surface area contributed by atoms with Gasteiger partial charge < -0.3 is 10.1 Å². The summed E-state index contributed by atoms with van der Waals surface area (Å²) in [7, 11) is 0. The summed E-state index contributed by atoms with van der Waals surface area (Å²) < 4.78 is 0. The number of rotatable bonds is 5. The number of benzene rings is 3. The van der Waals surface area contributed by atoms with Crippen molar-refractivity contribution in [2.45, 2.75) is 17.3 Å². The van der Waals surface area contributed by atoms with Crippen molar-refractivity contribution in [3.05, 3.63) is 72.8 Å². The minimum absolute atomic E-state index is 0.562. The van der Waals surface area contributed by atoms with E-state index in [2.05, 4.69) is 46.4 Å². The van der Waals surface area contributed by atoms with Crippen molar-refractivity contribution < 1.29 is 9.90 Å². The first kappa shape index (κ1) is 17.4. The summed E-state index contributed by atoms with van der Waals surface area (Å²) in [6.45, 7) is 1.66. The van der Waals surface area contributed by atoms with Gasteiger partial charge >= 0.3 is 5.97 Å². The zero-order valence-electron chi connectivity index (χ0n) is 14.7. The lowest BCUT2D eigenvalue weighted by Gasteiger charge is -2.10. The van der Waals surface area contributed by atoms with Crippen molar-refractivity contribution in [3.63, 3.8) is 0 Å². The monoisotopic (exact) mass is 374 g/mol. The summed E-state index contributed by atoms with van der Waals surface area (Å²) in [6.07, 6.45) is 0. The predicted molar refractivity (Wildman–Crippen MR) is 110 cm³/mol. The fourth-order valence-corrected chi connectivity index (χ4v) is 3.78. The number of aromatic nitrogens is 2. The van der Waals surface area contributed by atoms with Gasteiger partial charge in [0, 0.05) is 0 Å². The molecule has 0 spiro atoms. The molecule has 0 fully saturated rings. The van der Waals surface area contributed by atoms with Crippen LogP contribution >= 0.6 is 11.8 Å². The Bertz CT molecular complexity index is 1010. The van der Waals surface area contributed by atoms with E-state index in [9.17, 15) is 4.79 Å². The van der Waals surface area contributed by atoms with Crippen molar-refractivity contribution in [1.29, 1.82) is 0 Å². The number of imidazole rings is 1. The topological polar surface area (TPSA) is 66.0 Å². The summed E-state index contributed by atoms with van der Waals surface area (Å²) in [5, 5.41) is 9.19. The van der Waals surface area contributed by atoms with Crippen LogP contribution in [0, 0.1) is 0 Å². The average Bonchev–Trinajstić information content (AvgIpc) is 3.09. The highest BCUT2D eigenvalue weighted by Gasteiger charge is 2.17. The van der Waals surface area contributed by atoms with Gasteiger partial charge in [-0.05, 0) is 41.3 Å². The van der Waals surface area contributed by atoms with Crippen molar-refractivity contribution in [3.8, 4) is 22.3 Å². The summed E-state index contributed by atoms with van der Waals surface area (Å²) in [5.41, 5.74) is 6.18. The Morgan fingerprint density at radius 3 is 2.07 bits per heavy atom. The fourth-order valence-electron chi connectivity index (χ4n) is 3.02. The molecule has 134 valence electrons. The minimum atomic E-state index is -0.851. The summed E-state index contributed by atoms with van der Waals surface area (Å²) >= 11 is 1.21. The Kier molecular flexibility index (Phi) is 4.69. The average molecular weight is 374 g/mol. The third-order valence-corrected chi connectivity index (χ3v) is 5.38. The summed E-state index contributed by atoms with van der Waals surface area (Å²) in [5.74, 6) is -0.851. The molecule has 0 unspecified atom stereocenters. The van der Waals surface area contributed by atoms with E-state index in [4.69, 9.17) is 5.11 Å². The molecule has 0 aliphatic rings. The lowest BCUT2D eigenvalue weighted by Crippen LogP contribution is -2.11.